The molecule has 0 aliphatic heterocycles. The third-order valence-corrected chi connectivity index (χ3v) is 4.31. The molecule has 1 aromatic rings. The van der Waals surface area contributed by atoms with Gasteiger partial charge in [0.2, 0.25) is 5.16 Å². The molecule has 0 unspecified atom stereocenters. The maximum Gasteiger partial charge on any atom is 0.209 e. The van der Waals surface area contributed by atoms with E-state index in [1.165, 1.54) is 25.7 Å². The van der Waals surface area contributed by atoms with E-state index >= 15 is 0 Å². The first-order valence-electron chi connectivity index (χ1n) is 6.67. The Morgan fingerprint density at radius 3 is 2.89 bits per heavy atom. The van der Waals surface area contributed by atoms with Crippen LogP contribution in [0.1, 0.15) is 57.9 Å². The van der Waals surface area contributed by atoms with Gasteiger partial charge in [-0.15, -0.1) is 5.10 Å². The number of carbonyl (C=O) groups is 1. The average Bonchev–Trinajstić information content (AvgIpc) is 2.97. The van der Waals surface area contributed by atoms with Crippen molar-refractivity contribution >= 4 is 17.5 Å². The summed E-state index contributed by atoms with van der Waals surface area (Å²) in [5.41, 5.74) is 0. The molecule has 0 saturated heterocycles. The Hall–Kier alpha value is -0.910. The predicted molar refractivity (Wildman–Crippen MR) is 70.6 cm³/mol. The molecular weight excluding hydrogens is 248 g/mol. The van der Waals surface area contributed by atoms with Crippen LogP contribution in [0.2, 0.25) is 0 Å². The minimum absolute atomic E-state index is 0.274. The second kappa shape index (κ2) is 6.87. The summed E-state index contributed by atoms with van der Waals surface area (Å²) in [5.74, 6) is 1.26. The van der Waals surface area contributed by atoms with Crippen LogP contribution in [-0.2, 0) is 4.79 Å². The quantitative estimate of drug-likeness (QED) is 0.562. The van der Waals surface area contributed by atoms with Gasteiger partial charge in [0.25, 0.3) is 0 Å². The molecule has 0 aromatic carbocycles. The standard InChI is InChI=1S/C12H20N4OS/c1-10(17)6-4-5-9-18-12-13-14-15-16(12)11-7-2-3-8-11/h11H,2-9H2,1H3. The lowest BCUT2D eigenvalue weighted by Gasteiger charge is -2.10. The van der Waals surface area contributed by atoms with Crippen LogP contribution >= 0.6 is 11.8 Å². The van der Waals surface area contributed by atoms with Gasteiger partial charge in [0.05, 0.1) is 6.04 Å². The van der Waals surface area contributed by atoms with E-state index in [0.717, 1.165) is 23.8 Å². The maximum atomic E-state index is 10.8. The number of hydrogen-bond donors (Lipinski definition) is 0. The van der Waals surface area contributed by atoms with Crippen molar-refractivity contribution in [3.63, 3.8) is 0 Å². The van der Waals surface area contributed by atoms with Crippen molar-refractivity contribution in [3.8, 4) is 0 Å². The molecule has 0 N–H and O–H groups in total. The van der Waals surface area contributed by atoms with Crippen molar-refractivity contribution in [2.24, 2.45) is 0 Å². The fourth-order valence-electron chi connectivity index (χ4n) is 2.30. The second-order valence-corrected chi connectivity index (χ2v) is 5.91. The lowest BCUT2D eigenvalue weighted by atomic mass is 10.2. The van der Waals surface area contributed by atoms with Gasteiger partial charge in [-0.25, -0.2) is 4.68 Å². The van der Waals surface area contributed by atoms with Crippen LogP contribution in [0.4, 0.5) is 0 Å². The summed E-state index contributed by atoms with van der Waals surface area (Å²) < 4.78 is 1.99. The van der Waals surface area contributed by atoms with Crippen molar-refractivity contribution in [3.05, 3.63) is 0 Å². The molecule has 100 valence electrons. The van der Waals surface area contributed by atoms with Gasteiger partial charge in [-0.2, -0.15) is 0 Å². The summed E-state index contributed by atoms with van der Waals surface area (Å²) >= 11 is 1.71. The number of carbonyl (C=O) groups excluding carboxylic acids is 1. The molecule has 1 saturated carbocycles. The Kier molecular flexibility index (Phi) is 5.16. The Bertz CT molecular complexity index is 387. The zero-order valence-electron chi connectivity index (χ0n) is 10.8. The first-order valence-corrected chi connectivity index (χ1v) is 7.66. The van der Waals surface area contributed by atoms with Crippen LogP contribution in [-0.4, -0.2) is 31.7 Å². The zero-order valence-corrected chi connectivity index (χ0v) is 11.7. The number of unbranched alkanes of at least 4 members (excludes halogenated alkanes) is 1. The van der Waals surface area contributed by atoms with Crippen molar-refractivity contribution in [2.45, 2.75) is 63.1 Å². The Labute approximate surface area is 112 Å². The minimum Gasteiger partial charge on any atom is -0.300 e. The van der Waals surface area contributed by atoms with Gasteiger partial charge in [0.1, 0.15) is 5.78 Å². The zero-order chi connectivity index (χ0) is 12.8. The van der Waals surface area contributed by atoms with Crippen LogP contribution in [0.5, 0.6) is 0 Å². The summed E-state index contributed by atoms with van der Waals surface area (Å²) in [5, 5.41) is 12.9. The van der Waals surface area contributed by atoms with Crippen molar-refractivity contribution in [1.82, 2.24) is 20.2 Å². The molecule has 6 heteroatoms. The molecule has 1 aromatic heterocycles. The molecule has 2 rings (SSSR count). The highest BCUT2D eigenvalue weighted by Crippen LogP contribution is 2.31. The van der Waals surface area contributed by atoms with E-state index in [9.17, 15) is 4.79 Å². The second-order valence-electron chi connectivity index (χ2n) is 4.85. The van der Waals surface area contributed by atoms with E-state index in [2.05, 4.69) is 15.5 Å². The van der Waals surface area contributed by atoms with Crippen LogP contribution in [0.3, 0.4) is 0 Å². The van der Waals surface area contributed by atoms with E-state index in [0.29, 0.717) is 12.5 Å². The van der Waals surface area contributed by atoms with Crippen molar-refractivity contribution in [2.75, 3.05) is 5.75 Å². The van der Waals surface area contributed by atoms with E-state index in [1.54, 1.807) is 18.7 Å². The number of ketones is 1. The van der Waals surface area contributed by atoms with E-state index < -0.39 is 0 Å². The SMILES string of the molecule is CC(=O)CCCCSc1nnnn1C1CCCC1. The lowest BCUT2D eigenvalue weighted by Crippen LogP contribution is -2.08. The highest BCUT2D eigenvalue weighted by Gasteiger charge is 2.21. The summed E-state index contributed by atoms with van der Waals surface area (Å²) in [6.45, 7) is 1.65. The molecule has 0 spiro atoms. The monoisotopic (exact) mass is 268 g/mol. The van der Waals surface area contributed by atoms with E-state index in [-0.39, 0.29) is 5.78 Å². The average molecular weight is 268 g/mol. The molecule has 0 bridgehead atoms. The summed E-state index contributed by atoms with van der Waals surface area (Å²) in [4.78, 5) is 10.8. The van der Waals surface area contributed by atoms with E-state index in [4.69, 9.17) is 0 Å². The summed E-state index contributed by atoms with van der Waals surface area (Å²) in [6, 6.07) is 0.500. The molecular formula is C12H20N4OS. The highest BCUT2D eigenvalue weighted by atomic mass is 32.2. The summed E-state index contributed by atoms with van der Waals surface area (Å²) in [6.07, 6.45) is 7.66. The van der Waals surface area contributed by atoms with Gasteiger partial charge in [-0.1, -0.05) is 24.6 Å². The number of tetrazole rings is 1. The third-order valence-electron chi connectivity index (χ3n) is 3.29. The number of thioether (sulfide) groups is 1. The largest absolute Gasteiger partial charge is 0.300 e. The topological polar surface area (TPSA) is 60.7 Å². The number of hydrogen-bond acceptors (Lipinski definition) is 5. The molecule has 0 radical (unpaired) electrons. The lowest BCUT2D eigenvalue weighted by molar-refractivity contribution is -0.117. The summed E-state index contributed by atoms with van der Waals surface area (Å²) in [7, 11) is 0. The third kappa shape index (κ3) is 3.80. The number of Topliss-reactive ketones (excluding diaryl/α,β-unsaturated/α-hetero) is 1. The number of rotatable bonds is 7. The minimum atomic E-state index is 0.274. The predicted octanol–water partition coefficient (Wildman–Crippen LogP) is 2.64. The number of aromatic nitrogens is 4. The Balaban J connectivity index is 1.75. The van der Waals surface area contributed by atoms with Gasteiger partial charge >= 0.3 is 0 Å². The molecule has 1 aliphatic rings. The van der Waals surface area contributed by atoms with Gasteiger partial charge < -0.3 is 4.79 Å². The van der Waals surface area contributed by atoms with Gasteiger partial charge in [-0.3, -0.25) is 0 Å². The Morgan fingerprint density at radius 1 is 1.39 bits per heavy atom. The van der Waals surface area contributed by atoms with Gasteiger partial charge in [0, 0.05) is 12.2 Å². The van der Waals surface area contributed by atoms with E-state index in [1.807, 2.05) is 4.68 Å². The normalized spacial score (nSPS) is 16.3. The van der Waals surface area contributed by atoms with Crippen LogP contribution < -0.4 is 0 Å². The fraction of sp³-hybridized carbons (Fsp3) is 0.833. The van der Waals surface area contributed by atoms with Crippen molar-refractivity contribution < 1.29 is 4.79 Å². The first-order chi connectivity index (χ1) is 8.77. The molecule has 0 amide bonds. The van der Waals surface area contributed by atoms with Crippen LogP contribution in [0.15, 0.2) is 5.16 Å². The highest BCUT2D eigenvalue weighted by molar-refractivity contribution is 7.99. The van der Waals surface area contributed by atoms with Crippen LogP contribution in [0.25, 0.3) is 0 Å². The molecule has 0 atom stereocenters. The van der Waals surface area contributed by atoms with Gasteiger partial charge in [0.15, 0.2) is 0 Å². The number of nitrogens with zero attached hydrogens (tertiary/aromatic N) is 4. The van der Waals surface area contributed by atoms with Crippen molar-refractivity contribution in [1.29, 1.82) is 0 Å². The molecule has 1 fully saturated rings. The molecule has 1 heterocycles. The first kappa shape index (κ1) is 13.5. The maximum absolute atomic E-state index is 10.8. The smallest absolute Gasteiger partial charge is 0.209 e. The van der Waals surface area contributed by atoms with Gasteiger partial charge in [-0.05, 0) is 43.0 Å². The van der Waals surface area contributed by atoms with Crippen LogP contribution in [0, 0.1) is 0 Å². The molecule has 18 heavy (non-hydrogen) atoms. The Morgan fingerprint density at radius 2 is 2.17 bits per heavy atom. The molecule has 5 nitrogen and oxygen atoms in total. The fourth-order valence-corrected chi connectivity index (χ4v) is 3.24. The molecule has 1 aliphatic carbocycles.